The van der Waals surface area contributed by atoms with E-state index in [-0.39, 0.29) is 6.10 Å². The Morgan fingerprint density at radius 1 is 1.38 bits per heavy atom. The maximum atomic E-state index is 9.48. The number of hydrogen-bond acceptors (Lipinski definition) is 3. The first-order chi connectivity index (χ1) is 6.15. The van der Waals surface area contributed by atoms with E-state index in [2.05, 4.69) is 18.7 Å². The highest BCUT2D eigenvalue weighted by molar-refractivity contribution is 4.81. The molecular weight excluding hydrogens is 164 g/mol. The van der Waals surface area contributed by atoms with Crippen LogP contribution >= 0.6 is 0 Å². The zero-order valence-electron chi connectivity index (χ0n) is 8.74. The highest BCUT2D eigenvalue weighted by Gasteiger charge is 2.25. The molecule has 3 nitrogen and oxygen atoms in total. The number of nitrogens with zero attached hydrogens (tertiary/aromatic N) is 1. The van der Waals surface area contributed by atoms with Crippen LogP contribution in [0.3, 0.4) is 0 Å². The van der Waals surface area contributed by atoms with Crippen LogP contribution in [0, 0.1) is 0 Å². The average molecular weight is 186 g/mol. The minimum absolute atomic E-state index is 0.358. The van der Waals surface area contributed by atoms with Gasteiger partial charge in [0, 0.05) is 25.2 Å². The van der Waals surface area contributed by atoms with Crippen molar-refractivity contribution in [3.63, 3.8) is 0 Å². The Kier molecular flexibility index (Phi) is 4.16. The third kappa shape index (κ3) is 2.93. The van der Waals surface area contributed by atoms with Crippen LogP contribution in [0.2, 0.25) is 0 Å². The number of aliphatic hydroxyl groups excluding tert-OH is 1. The number of piperidine rings is 1. The largest absolute Gasteiger partial charge is 0.390 e. The standard InChI is InChI=1S/C10H22N2O/c1-8-4-3-5-9(2)12(8)7-10(13)6-11/h8-10,13H,3-7,11H2,1-2H3/t8-,9?,10+/m1/s1. The molecule has 3 N–H and O–H groups in total. The molecule has 0 radical (unpaired) electrons. The van der Waals surface area contributed by atoms with Crippen molar-refractivity contribution >= 4 is 0 Å². The summed E-state index contributed by atoms with van der Waals surface area (Å²) in [5, 5.41) is 9.48. The lowest BCUT2D eigenvalue weighted by Crippen LogP contribution is -2.48. The van der Waals surface area contributed by atoms with Crippen molar-refractivity contribution in [3.8, 4) is 0 Å². The molecule has 1 rings (SSSR count). The molecule has 3 heteroatoms. The molecule has 0 aromatic rings. The van der Waals surface area contributed by atoms with E-state index in [0.717, 1.165) is 6.54 Å². The second kappa shape index (κ2) is 4.94. The van der Waals surface area contributed by atoms with Gasteiger partial charge in [0.05, 0.1) is 6.10 Å². The summed E-state index contributed by atoms with van der Waals surface area (Å²) in [6.07, 6.45) is 3.46. The summed E-state index contributed by atoms with van der Waals surface area (Å²) < 4.78 is 0. The zero-order valence-corrected chi connectivity index (χ0v) is 8.74. The van der Waals surface area contributed by atoms with Crippen molar-refractivity contribution in [2.75, 3.05) is 13.1 Å². The number of nitrogens with two attached hydrogens (primary N) is 1. The van der Waals surface area contributed by atoms with E-state index in [4.69, 9.17) is 5.73 Å². The molecule has 1 unspecified atom stereocenters. The van der Waals surface area contributed by atoms with Gasteiger partial charge in [0.2, 0.25) is 0 Å². The third-order valence-electron chi connectivity index (χ3n) is 3.07. The molecule has 0 amide bonds. The van der Waals surface area contributed by atoms with Gasteiger partial charge in [-0.2, -0.15) is 0 Å². The van der Waals surface area contributed by atoms with Crippen LogP contribution in [-0.2, 0) is 0 Å². The van der Waals surface area contributed by atoms with Crippen molar-refractivity contribution in [1.82, 2.24) is 4.90 Å². The summed E-state index contributed by atoms with van der Waals surface area (Å²) in [4.78, 5) is 2.38. The second-order valence-electron chi connectivity index (χ2n) is 4.22. The monoisotopic (exact) mass is 186 g/mol. The Morgan fingerprint density at radius 2 is 1.92 bits per heavy atom. The summed E-state index contributed by atoms with van der Waals surface area (Å²) in [5.74, 6) is 0. The van der Waals surface area contributed by atoms with Crippen LogP contribution in [-0.4, -0.2) is 41.3 Å². The normalized spacial score (nSPS) is 33.2. The maximum absolute atomic E-state index is 9.48. The summed E-state index contributed by atoms with van der Waals surface area (Å²) in [7, 11) is 0. The van der Waals surface area contributed by atoms with Gasteiger partial charge < -0.3 is 10.8 Å². The molecule has 0 spiro atoms. The predicted molar refractivity (Wildman–Crippen MR) is 54.5 cm³/mol. The third-order valence-corrected chi connectivity index (χ3v) is 3.07. The quantitative estimate of drug-likeness (QED) is 0.677. The van der Waals surface area contributed by atoms with Crippen molar-refractivity contribution in [1.29, 1.82) is 0 Å². The summed E-state index contributed by atoms with van der Waals surface area (Å²) in [6, 6.07) is 1.20. The Labute approximate surface area is 80.9 Å². The molecule has 3 atom stereocenters. The van der Waals surface area contributed by atoms with Gasteiger partial charge in [0.1, 0.15) is 0 Å². The number of rotatable bonds is 3. The van der Waals surface area contributed by atoms with Gasteiger partial charge in [-0.3, -0.25) is 4.90 Å². The molecule has 0 aromatic heterocycles. The van der Waals surface area contributed by atoms with Crippen molar-refractivity contribution < 1.29 is 5.11 Å². The maximum Gasteiger partial charge on any atom is 0.0789 e. The Morgan fingerprint density at radius 3 is 2.38 bits per heavy atom. The molecule has 0 aromatic carbocycles. The first kappa shape index (κ1) is 11.0. The fourth-order valence-electron chi connectivity index (χ4n) is 2.15. The molecule has 0 bridgehead atoms. The molecule has 0 saturated carbocycles. The van der Waals surface area contributed by atoms with Crippen molar-refractivity contribution in [2.45, 2.75) is 51.3 Å². The SMILES string of the molecule is CC1CCC[C@@H](C)N1C[C@@H](O)CN. The first-order valence-electron chi connectivity index (χ1n) is 5.29. The molecule has 1 heterocycles. The molecule has 1 saturated heterocycles. The lowest BCUT2D eigenvalue weighted by Gasteiger charge is -2.39. The second-order valence-corrected chi connectivity index (χ2v) is 4.22. The minimum atomic E-state index is -0.358. The smallest absolute Gasteiger partial charge is 0.0789 e. The van der Waals surface area contributed by atoms with Crippen LogP contribution in [0.15, 0.2) is 0 Å². The van der Waals surface area contributed by atoms with E-state index in [1.807, 2.05) is 0 Å². The molecule has 1 aliphatic rings. The summed E-state index contributed by atoms with van der Waals surface area (Å²) in [6.45, 7) is 5.58. The minimum Gasteiger partial charge on any atom is -0.390 e. The van der Waals surface area contributed by atoms with E-state index in [1.165, 1.54) is 19.3 Å². The highest BCUT2D eigenvalue weighted by Crippen LogP contribution is 2.22. The Balaban J connectivity index is 2.43. The van der Waals surface area contributed by atoms with Gasteiger partial charge in [0.15, 0.2) is 0 Å². The van der Waals surface area contributed by atoms with Gasteiger partial charge in [-0.25, -0.2) is 0 Å². The average Bonchev–Trinajstić information content (AvgIpc) is 2.11. The molecular formula is C10H22N2O. The molecule has 0 aliphatic carbocycles. The van der Waals surface area contributed by atoms with Gasteiger partial charge in [0.25, 0.3) is 0 Å². The molecule has 78 valence electrons. The fraction of sp³-hybridized carbons (Fsp3) is 1.00. The van der Waals surface area contributed by atoms with Gasteiger partial charge in [-0.15, -0.1) is 0 Å². The van der Waals surface area contributed by atoms with Gasteiger partial charge >= 0.3 is 0 Å². The highest BCUT2D eigenvalue weighted by atomic mass is 16.3. The van der Waals surface area contributed by atoms with E-state index in [0.29, 0.717) is 18.6 Å². The van der Waals surface area contributed by atoms with Crippen LogP contribution in [0.25, 0.3) is 0 Å². The number of aliphatic hydroxyl groups is 1. The lowest BCUT2D eigenvalue weighted by atomic mass is 9.97. The summed E-state index contributed by atoms with van der Waals surface area (Å²) in [5.41, 5.74) is 5.40. The van der Waals surface area contributed by atoms with Gasteiger partial charge in [-0.05, 0) is 26.7 Å². The first-order valence-corrected chi connectivity index (χ1v) is 5.29. The van der Waals surface area contributed by atoms with Crippen LogP contribution in [0.4, 0.5) is 0 Å². The fourth-order valence-corrected chi connectivity index (χ4v) is 2.15. The van der Waals surface area contributed by atoms with Crippen LogP contribution in [0.1, 0.15) is 33.1 Å². The van der Waals surface area contributed by atoms with E-state index < -0.39 is 0 Å². The lowest BCUT2D eigenvalue weighted by molar-refractivity contribution is 0.0452. The van der Waals surface area contributed by atoms with Crippen LogP contribution < -0.4 is 5.73 Å². The predicted octanol–water partition coefficient (Wildman–Crippen LogP) is 0.569. The Hall–Kier alpha value is -0.120. The molecule has 13 heavy (non-hydrogen) atoms. The van der Waals surface area contributed by atoms with Crippen LogP contribution in [0.5, 0.6) is 0 Å². The number of likely N-dealkylation sites (tertiary alicyclic amines) is 1. The van der Waals surface area contributed by atoms with Gasteiger partial charge in [-0.1, -0.05) is 6.42 Å². The summed E-state index contributed by atoms with van der Waals surface area (Å²) >= 11 is 0. The molecule has 1 fully saturated rings. The van der Waals surface area contributed by atoms with E-state index in [9.17, 15) is 5.11 Å². The van der Waals surface area contributed by atoms with Crippen molar-refractivity contribution in [3.05, 3.63) is 0 Å². The van der Waals surface area contributed by atoms with E-state index >= 15 is 0 Å². The van der Waals surface area contributed by atoms with E-state index in [1.54, 1.807) is 0 Å². The number of β-amino-alcohol motifs (C(OH)–C–C–N with tert-alkyl or cyclic N) is 1. The van der Waals surface area contributed by atoms with Crippen molar-refractivity contribution in [2.24, 2.45) is 5.73 Å². The Bertz CT molecular complexity index is 142. The molecule has 1 aliphatic heterocycles. The topological polar surface area (TPSA) is 49.5 Å². The number of hydrogen-bond donors (Lipinski definition) is 2. The zero-order chi connectivity index (χ0) is 9.84.